The molecule has 1 heterocycles. The summed E-state index contributed by atoms with van der Waals surface area (Å²) >= 11 is 0. The van der Waals surface area contributed by atoms with E-state index in [1.807, 2.05) is 0 Å². The molecule has 0 spiro atoms. The molecule has 2 atom stereocenters. The molecule has 1 aliphatic carbocycles. The van der Waals surface area contributed by atoms with E-state index in [0.29, 0.717) is 19.3 Å². The molecule has 2 aliphatic rings. The fourth-order valence-corrected chi connectivity index (χ4v) is 3.99. The summed E-state index contributed by atoms with van der Waals surface area (Å²) < 4.78 is 34.2. The minimum absolute atomic E-state index is 0.0668. The minimum Gasteiger partial charge on any atom is -0.493 e. The Morgan fingerprint density at radius 1 is 1.17 bits per heavy atom. The van der Waals surface area contributed by atoms with Crippen LogP contribution in [0.3, 0.4) is 0 Å². The first kappa shape index (κ1) is 21.0. The first-order chi connectivity index (χ1) is 13.9. The summed E-state index contributed by atoms with van der Waals surface area (Å²) in [5, 5.41) is 2.69. The van der Waals surface area contributed by atoms with Crippen LogP contribution in [0.25, 0.3) is 0 Å². The van der Waals surface area contributed by atoms with Crippen molar-refractivity contribution in [3.63, 3.8) is 0 Å². The molecule has 0 bridgehead atoms. The van der Waals surface area contributed by atoms with Gasteiger partial charge in [-0.1, -0.05) is 18.9 Å². The third kappa shape index (κ3) is 4.83. The van der Waals surface area contributed by atoms with Crippen LogP contribution in [0.15, 0.2) is 18.2 Å². The molecule has 0 aromatic heterocycles. The smallest absolute Gasteiger partial charge is 0.387 e. The zero-order chi connectivity index (χ0) is 21.0. The van der Waals surface area contributed by atoms with Crippen molar-refractivity contribution in [2.45, 2.75) is 38.7 Å². The lowest BCUT2D eigenvalue weighted by atomic mass is 9.81. The lowest BCUT2D eigenvalue weighted by Crippen LogP contribution is -2.41. The van der Waals surface area contributed by atoms with Gasteiger partial charge >= 0.3 is 6.61 Å². The van der Waals surface area contributed by atoms with Gasteiger partial charge < -0.3 is 14.8 Å². The number of hydrogen-bond donors (Lipinski definition) is 1. The van der Waals surface area contributed by atoms with Gasteiger partial charge in [-0.05, 0) is 37.0 Å². The second kappa shape index (κ2) is 9.19. The molecule has 1 N–H and O–H groups in total. The number of hydrogen-bond acceptors (Lipinski definition) is 5. The van der Waals surface area contributed by atoms with Crippen molar-refractivity contribution < 1.29 is 32.6 Å². The van der Waals surface area contributed by atoms with Gasteiger partial charge in [-0.15, -0.1) is 0 Å². The number of halogens is 2. The van der Waals surface area contributed by atoms with Crippen molar-refractivity contribution in [3.05, 3.63) is 23.8 Å². The van der Waals surface area contributed by atoms with E-state index in [9.17, 15) is 23.2 Å². The highest BCUT2D eigenvalue weighted by atomic mass is 19.3. The van der Waals surface area contributed by atoms with Crippen molar-refractivity contribution in [2.75, 3.05) is 20.2 Å². The van der Waals surface area contributed by atoms with E-state index in [-0.39, 0.29) is 48.2 Å². The highest BCUT2D eigenvalue weighted by Crippen LogP contribution is 2.37. The molecule has 0 radical (unpaired) electrons. The van der Waals surface area contributed by atoms with Gasteiger partial charge in [0.2, 0.25) is 17.7 Å². The molecule has 1 saturated carbocycles. The molecule has 7 nitrogen and oxygen atoms in total. The number of nitrogens with zero attached hydrogens (tertiary/aromatic N) is 1. The summed E-state index contributed by atoms with van der Waals surface area (Å²) in [6, 6.07) is 4.54. The highest BCUT2D eigenvalue weighted by Gasteiger charge is 2.48. The maximum Gasteiger partial charge on any atom is 0.387 e. The van der Waals surface area contributed by atoms with Gasteiger partial charge in [0.25, 0.3) is 0 Å². The summed E-state index contributed by atoms with van der Waals surface area (Å²) in [5.74, 6) is -1.33. The van der Waals surface area contributed by atoms with Gasteiger partial charge in [-0.2, -0.15) is 8.78 Å². The highest BCUT2D eigenvalue weighted by molar-refractivity contribution is 6.07. The van der Waals surface area contributed by atoms with Crippen molar-refractivity contribution in [3.8, 4) is 11.5 Å². The molecule has 1 aromatic carbocycles. The molecule has 29 heavy (non-hydrogen) atoms. The Morgan fingerprint density at radius 2 is 1.83 bits per heavy atom. The topological polar surface area (TPSA) is 84.9 Å². The lowest BCUT2D eigenvalue weighted by molar-refractivity contribution is -0.143. The van der Waals surface area contributed by atoms with Crippen LogP contribution >= 0.6 is 0 Å². The first-order valence-electron chi connectivity index (χ1n) is 9.64. The molecule has 1 aliphatic heterocycles. The van der Waals surface area contributed by atoms with Crippen molar-refractivity contribution in [1.29, 1.82) is 0 Å². The summed E-state index contributed by atoms with van der Waals surface area (Å²) in [6.07, 6.45) is 3.71. The summed E-state index contributed by atoms with van der Waals surface area (Å²) in [7, 11) is 1.35. The minimum atomic E-state index is -2.95. The second-order valence-corrected chi connectivity index (χ2v) is 7.22. The second-order valence-electron chi connectivity index (χ2n) is 7.22. The Balaban J connectivity index is 1.50. The van der Waals surface area contributed by atoms with Crippen LogP contribution in [0.2, 0.25) is 0 Å². The average Bonchev–Trinajstić information content (AvgIpc) is 2.94. The quantitative estimate of drug-likeness (QED) is 0.664. The van der Waals surface area contributed by atoms with Gasteiger partial charge in [0, 0.05) is 6.54 Å². The predicted molar refractivity (Wildman–Crippen MR) is 98.5 cm³/mol. The number of amides is 3. The fourth-order valence-electron chi connectivity index (χ4n) is 3.99. The Bertz CT molecular complexity index is 762. The zero-order valence-corrected chi connectivity index (χ0v) is 16.2. The van der Waals surface area contributed by atoms with Gasteiger partial charge in [0.05, 0.1) is 18.9 Å². The van der Waals surface area contributed by atoms with Crippen LogP contribution in [0.4, 0.5) is 8.78 Å². The number of nitrogens with one attached hydrogen (secondary N) is 1. The number of ether oxygens (including phenoxy) is 2. The van der Waals surface area contributed by atoms with E-state index >= 15 is 0 Å². The molecule has 158 valence electrons. The summed E-state index contributed by atoms with van der Waals surface area (Å²) in [4.78, 5) is 38.1. The standard InChI is InChI=1S/C20H24F2N2O5/c1-28-16-10-12(6-7-15(16)29-20(21)22)8-9-23-17(25)11-24-18(26)13-4-2-3-5-14(13)19(24)27/h6-7,10,13-14,20H,2-5,8-9,11H2,1H3,(H,23,25). The van der Waals surface area contributed by atoms with Gasteiger partial charge in [0.1, 0.15) is 6.54 Å². The normalized spacial score (nSPS) is 21.3. The Labute approximate surface area is 167 Å². The molecular formula is C20H24F2N2O5. The molecule has 1 aromatic rings. The summed E-state index contributed by atoms with van der Waals surface area (Å²) in [6.45, 7) is -2.95. The molecule has 2 fully saturated rings. The number of alkyl halides is 2. The van der Waals surface area contributed by atoms with E-state index in [1.54, 1.807) is 12.1 Å². The number of carbonyl (C=O) groups is 3. The van der Waals surface area contributed by atoms with Crippen LogP contribution in [-0.2, 0) is 20.8 Å². The van der Waals surface area contributed by atoms with E-state index < -0.39 is 12.5 Å². The number of rotatable bonds is 8. The van der Waals surface area contributed by atoms with Crippen molar-refractivity contribution >= 4 is 17.7 Å². The largest absolute Gasteiger partial charge is 0.493 e. The molecular weight excluding hydrogens is 386 g/mol. The zero-order valence-electron chi connectivity index (χ0n) is 16.2. The first-order valence-corrected chi connectivity index (χ1v) is 9.64. The Kier molecular flexibility index (Phi) is 6.66. The van der Waals surface area contributed by atoms with Crippen LogP contribution in [0, 0.1) is 11.8 Å². The maximum atomic E-state index is 12.4. The van der Waals surface area contributed by atoms with Gasteiger partial charge in [-0.3, -0.25) is 19.3 Å². The van der Waals surface area contributed by atoms with E-state index in [1.165, 1.54) is 13.2 Å². The van der Waals surface area contributed by atoms with E-state index in [4.69, 9.17) is 4.74 Å². The molecule has 1 saturated heterocycles. The van der Waals surface area contributed by atoms with Crippen molar-refractivity contribution in [2.24, 2.45) is 11.8 Å². The summed E-state index contributed by atoms with van der Waals surface area (Å²) in [5.41, 5.74) is 0.753. The SMILES string of the molecule is COc1cc(CCNC(=O)CN2C(=O)C3CCCCC3C2=O)ccc1OC(F)F. The van der Waals surface area contributed by atoms with E-state index in [2.05, 4.69) is 10.1 Å². The number of imide groups is 1. The van der Waals surface area contributed by atoms with Gasteiger partial charge in [0.15, 0.2) is 11.5 Å². The molecule has 3 rings (SSSR count). The van der Waals surface area contributed by atoms with Crippen molar-refractivity contribution in [1.82, 2.24) is 10.2 Å². The maximum absolute atomic E-state index is 12.4. The Hall–Kier alpha value is -2.71. The van der Waals surface area contributed by atoms with E-state index in [0.717, 1.165) is 23.3 Å². The fraction of sp³-hybridized carbons (Fsp3) is 0.550. The van der Waals surface area contributed by atoms with Gasteiger partial charge in [-0.25, -0.2) is 0 Å². The van der Waals surface area contributed by atoms with Crippen LogP contribution in [0.1, 0.15) is 31.2 Å². The molecule has 3 amide bonds. The Morgan fingerprint density at radius 3 is 2.41 bits per heavy atom. The monoisotopic (exact) mass is 410 g/mol. The average molecular weight is 410 g/mol. The van der Waals surface area contributed by atoms with Crippen LogP contribution in [-0.4, -0.2) is 49.4 Å². The van der Waals surface area contributed by atoms with Crippen LogP contribution < -0.4 is 14.8 Å². The molecule has 9 heteroatoms. The third-order valence-electron chi connectivity index (χ3n) is 5.41. The number of likely N-dealkylation sites (tertiary alicyclic amines) is 1. The number of methoxy groups -OCH3 is 1. The lowest BCUT2D eigenvalue weighted by Gasteiger charge is -2.19. The third-order valence-corrected chi connectivity index (χ3v) is 5.41. The molecule has 2 unspecified atom stereocenters. The number of carbonyl (C=O) groups excluding carboxylic acids is 3. The predicted octanol–water partition coefficient (Wildman–Crippen LogP) is 2.13. The number of fused-ring (bicyclic) bond motifs is 1. The number of benzene rings is 1. The van der Waals surface area contributed by atoms with Crippen LogP contribution in [0.5, 0.6) is 11.5 Å².